The fraction of sp³-hybridized carbons (Fsp3) is 0.550. The van der Waals surface area contributed by atoms with E-state index in [-0.39, 0.29) is 5.41 Å². The number of imidazole rings is 1. The van der Waals surface area contributed by atoms with Crippen molar-refractivity contribution in [2.75, 3.05) is 6.61 Å². The number of aromatic nitrogens is 2. The van der Waals surface area contributed by atoms with E-state index in [0.717, 1.165) is 35.9 Å². The minimum absolute atomic E-state index is 0.0994. The fourth-order valence-electron chi connectivity index (χ4n) is 2.69. The Morgan fingerprint density at radius 2 is 1.88 bits per heavy atom. The maximum Gasteiger partial charge on any atom is 0.140 e. The van der Waals surface area contributed by atoms with Gasteiger partial charge in [-0.25, -0.2) is 4.98 Å². The molecule has 0 fully saturated rings. The second-order valence-electron chi connectivity index (χ2n) is 7.42. The maximum atomic E-state index is 6.43. The van der Waals surface area contributed by atoms with E-state index >= 15 is 0 Å². The van der Waals surface area contributed by atoms with Crippen molar-refractivity contribution in [2.45, 2.75) is 65.3 Å². The van der Waals surface area contributed by atoms with Crippen molar-refractivity contribution in [3.63, 3.8) is 0 Å². The number of halogens is 1. The highest BCUT2D eigenvalue weighted by Crippen LogP contribution is 2.34. The van der Waals surface area contributed by atoms with Gasteiger partial charge in [-0.3, -0.25) is 0 Å². The average Bonchev–Trinajstić information content (AvgIpc) is 3.00. The van der Waals surface area contributed by atoms with Crippen LogP contribution in [0.1, 0.15) is 57.6 Å². The van der Waals surface area contributed by atoms with Gasteiger partial charge in [0.05, 0.1) is 18.0 Å². The third kappa shape index (κ3) is 5.55. The molecule has 132 valence electrons. The van der Waals surface area contributed by atoms with Crippen molar-refractivity contribution < 1.29 is 4.74 Å². The van der Waals surface area contributed by atoms with E-state index < -0.39 is 0 Å². The summed E-state index contributed by atoms with van der Waals surface area (Å²) >= 11 is 6.43. The van der Waals surface area contributed by atoms with Crippen molar-refractivity contribution in [1.82, 2.24) is 9.55 Å². The summed E-state index contributed by atoms with van der Waals surface area (Å²) < 4.78 is 8.06. The Labute approximate surface area is 151 Å². The summed E-state index contributed by atoms with van der Waals surface area (Å²) in [5.41, 5.74) is 2.46. The van der Waals surface area contributed by atoms with Crippen LogP contribution < -0.4 is 4.74 Å². The first-order valence-electron chi connectivity index (χ1n) is 8.77. The normalized spacial score (nSPS) is 11.7. The Bertz CT molecular complexity index is 607. The lowest BCUT2D eigenvalue weighted by atomic mass is 9.86. The highest BCUT2D eigenvalue weighted by Gasteiger charge is 2.17. The van der Waals surface area contributed by atoms with Gasteiger partial charge in [-0.2, -0.15) is 0 Å². The number of nitrogens with zero attached hydrogens (tertiary/aromatic N) is 2. The molecule has 1 aromatic carbocycles. The molecule has 4 heteroatoms. The van der Waals surface area contributed by atoms with E-state index in [9.17, 15) is 0 Å². The third-order valence-electron chi connectivity index (χ3n) is 4.21. The van der Waals surface area contributed by atoms with Crippen molar-refractivity contribution in [1.29, 1.82) is 0 Å². The summed E-state index contributed by atoms with van der Waals surface area (Å²) in [4.78, 5) is 4.05. The molecule has 3 nitrogen and oxygen atoms in total. The zero-order chi connectivity index (χ0) is 17.6. The van der Waals surface area contributed by atoms with E-state index in [1.54, 1.807) is 0 Å². The summed E-state index contributed by atoms with van der Waals surface area (Å²) in [5, 5.41) is 0.722. The summed E-state index contributed by atoms with van der Waals surface area (Å²) in [6, 6.07) is 4.22. The lowest BCUT2D eigenvalue weighted by Crippen LogP contribution is -2.12. The molecule has 0 spiro atoms. The standard InChI is InChI=1S/C20H29ClN2O/c1-16-13-17(20(2,3)4)14-18(21)19(16)24-12-8-6-5-7-10-23-11-9-22-15-23/h9,11,13-15H,5-8,10,12H2,1-4H3. The monoisotopic (exact) mass is 348 g/mol. The van der Waals surface area contributed by atoms with E-state index in [2.05, 4.69) is 43.3 Å². The van der Waals surface area contributed by atoms with Crippen molar-refractivity contribution in [2.24, 2.45) is 0 Å². The van der Waals surface area contributed by atoms with E-state index in [0.29, 0.717) is 0 Å². The Balaban J connectivity index is 1.72. The lowest BCUT2D eigenvalue weighted by molar-refractivity contribution is 0.302. The molecule has 1 heterocycles. The van der Waals surface area contributed by atoms with Gasteiger partial charge in [-0.05, 0) is 42.4 Å². The minimum atomic E-state index is 0.0994. The second-order valence-corrected chi connectivity index (χ2v) is 7.82. The summed E-state index contributed by atoms with van der Waals surface area (Å²) in [7, 11) is 0. The van der Waals surface area contributed by atoms with E-state index in [1.165, 1.54) is 24.8 Å². The van der Waals surface area contributed by atoms with Gasteiger partial charge in [-0.1, -0.05) is 51.3 Å². The Kier molecular flexibility index (Phi) is 6.73. The van der Waals surface area contributed by atoms with Gasteiger partial charge in [0.25, 0.3) is 0 Å². The molecule has 2 aromatic rings. The first kappa shape index (κ1) is 18.9. The summed E-state index contributed by atoms with van der Waals surface area (Å²) in [6.07, 6.45) is 10.3. The number of ether oxygens (including phenoxy) is 1. The van der Waals surface area contributed by atoms with E-state index in [1.807, 2.05) is 24.8 Å². The maximum absolute atomic E-state index is 6.43. The number of benzene rings is 1. The molecule has 0 saturated heterocycles. The molecule has 0 saturated carbocycles. The summed E-state index contributed by atoms with van der Waals surface area (Å²) in [5.74, 6) is 0.836. The molecule has 1 aromatic heterocycles. The quantitative estimate of drug-likeness (QED) is 0.565. The van der Waals surface area contributed by atoms with Crippen LogP contribution in [0, 0.1) is 6.92 Å². The van der Waals surface area contributed by atoms with Crippen LogP contribution in [-0.2, 0) is 12.0 Å². The van der Waals surface area contributed by atoms with Crippen LogP contribution in [0.3, 0.4) is 0 Å². The number of rotatable bonds is 8. The molecule has 0 bridgehead atoms. The van der Waals surface area contributed by atoms with Gasteiger partial charge in [-0.15, -0.1) is 0 Å². The van der Waals surface area contributed by atoms with Crippen LogP contribution in [0.25, 0.3) is 0 Å². The molecule has 0 aliphatic rings. The van der Waals surface area contributed by atoms with Crippen LogP contribution in [0.4, 0.5) is 0 Å². The Morgan fingerprint density at radius 1 is 1.12 bits per heavy atom. The zero-order valence-corrected chi connectivity index (χ0v) is 16.1. The van der Waals surface area contributed by atoms with Crippen molar-refractivity contribution >= 4 is 11.6 Å². The first-order valence-corrected chi connectivity index (χ1v) is 9.15. The molecule has 0 aliphatic carbocycles. The highest BCUT2D eigenvalue weighted by atomic mass is 35.5. The van der Waals surface area contributed by atoms with Gasteiger partial charge in [0.1, 0.15) is 5.75 Å². The molecular formula is C20H29ClN2O. The van der Waals surface area contributed by atoms with Crippen LogP contribution >= 0.6 is 11.6 Å². The van der Waals surface area contributed by atoms with Crippen LogP contribution in [0.2, 0.25) is 5.02 Å². The van der Waals surface area contributed by atoms with Crippen molar-refractivity contribution in [3.8, 4) is 5.75 Å². The van der Waals surface area contributed by atoms with Crippen LogP contribution in [0.15, 0.2) is 30.9 Å². The Morgan fingerprint density at radius 3 is 2.50 bits per heavy atom. The molecule has 0 aliphatic heterocycles. The molecule has 0 radical (unpaired) electrons. The molecule has 2 rings (SSSR count). The molecule has 0 amide bonds. The smallest absolute Gasteiger partial charge is 0.140 e. The van der Waals surface area contributed by atoms with Gasteiger partial charge >= 0.3 is 0 Å². The number of aryl methyl sites for hydroxylation is 2. The molecule has 0 atom stereocenters. The second kappa shape index (κ2) is 8.57. The van der Waals surface area contributed by atoms with Crippen LogP contribution in [0.5, 0.6) is 5.75 Å². The van der Waals surface area contributed by atoms with Gasteiger partial charge < -0.3 is 9.30 Å². The lowest BCUT2D eigenvalue weighted by Gasteiger charge is -2.21. The minimum Gasteiger partial charge on any atom is -0.492 e. The van der Waals surface area contributed by atoms with E-state index in [4.69, 9.17) is 16.3 Å². The average molecular weight is 349 g/mol. The fourth-order valence-corrected chi connectivity index (χ4v) is 3.01. The predicted molar refractivity (Wildman–Crippen MR) is 101 cm³/mol. The Hall–Kier alpha value is -1.48. The summed E-state index contributed by atoms with van der Waals surface area (Å²) in [6.45, 7) is 10.4. The largest absolute Gasteiger partial charge is 0.492 e. The molecule has 0 unspecified atom stereocenters. The molecule has 24 heavy (non-hydrogen) atoms. The number of hydrogen-bond acceptors (Lipinski definition) is 2. The topological polar surface area (TPSA) is 27.1 Å². The first-order chi connectivity index (χ1) is 11.4. The van der Waals surface area contributed by atoms with Gasteiger partial charge in [0, 0.05) is 18.9 Å². The predicted octanol–water partition coefficient (Wildman–Crippen LogP) is 5.78. The highest BCUT2D eigenvalue weighted by molar-refractivity contribution is 6.32. The number of unbranched alkanes of at least 4 members (excludes halogenated alkanes) is 3. The van der Waals surface area contributed by atoms with Gasteiger partial charge in [0.15, 0.2) is 0 Å². The third-order valence-corrected chi connectivity index (χ3v) is 4.49. The van der Waals surface area contributed by atoms with Crippen LogP contribution in [-0.4, -0.2) is 16.2 Å². The SMILES string of the molecule is Cc1cc(C(C)(C)C)cc(Cl)c1OCCCCCCn1ccnc1. The number of hydrogen-bond donors (Lipinski definition) is 0. The molecule has 0 N–H and O–H groups in total. The van der Waals surface area contributed by atoms with Gasteiger partial charge in [0.2, 0.25) is 0 Å². The zero-order valence-electron chi connectivity index (χ0n) is 15.3. The van der Waals surface area contributed by atoms with Crippen molar-refractivity contribution in [3.05, 3.63) is 47.0 Å². The molecular weight excluding hydrogens is 320 g/mol.